The molecule has 0 spiro atoms. The van der Waals surface area contributed by atoms with Crippen LogP contribution in [-0.4, -0.2) is 25.3 Å². The Bertz CT molecular complexity index is 766. The maximum absolute atomic E-state index is 12.3. The van der Waals surface area contributed by atoms with Gasteiger partial charge in [0.15, 0.2) is 0 Å². The summed E-state index contributed by atoms with van der Waals surface area (Å²) in [7, 11) is 1.59. The molecule has 2 N–H and O–H groups in total. The highest BCUT2D eigenvalue weighted by Crippen LogP contribution is 2.24. The van der Waals surface area contributed by atoms with Gasteiger partial charge in [-0.05, 0) is 30.7 Å². The molecular weight excluding hydrogens is 361 g/mol. The third-order valence-electron chi connectivity index (χ3n) is 3.50. The molecule has 0 aliphatic carbocycles. The SMILES string of the molecule is CCC(Nc1ccccc1OC)C(=O)N/N=C\c1ccc(Cl)cc1Cl. The molecule has 0 fully saturated rings. The van der Waals surface area contributed by atoms with Crippen molar-refractivity contribution < 1.29 is 9.53 Å². The molecule has 5 nitrogen and oxygen atoms in total. The molecule has 0 aromatic heterocycles. The molecule has 2 aromatic carbocycles. The van der Waals surface area contributed by atoms with Crippen LogP contribution in [0.2, 0.25) is 10.0 Å². The van der Waals surface area contributed by atoms with Crippen molar-refractivity contribution in [3.8, 4) is 5.75 Å². The van der Waals surface area contributed by atoms with Gasteiger partial charge >= 0.3 is 0 Å². The van der Waals surface area contributed by atoms with Crippen LogP contribution >= 0.6 is 23.2 Å². The lowest BCUT2D eigenvalue weighted by Crippen LogP contribution is -2.37. The van der Waals surface area contributed by atoms with Crippen molar-refractivity contribution in [2.45, 2.75) is 19.4 Å². The number of ether oxygens (including phenoxy) is 1. The number of hydrogen-bond acceptors (Lipinski definition) is 4. The van der Waals surface area contributed by atoms with Crippen molar-refractivity contribution in [1.82, 2.24) is 5.43 Å². The summed E-state index contributed by atoms with van der Waals surface area (Å²) in [5, 5.41) is 8.13. The molecule has 2 aromatic rings. The van der Waals surface area contributed by atoms with Crippen molar-refractivity contribution in [3.05, 3.63) is 58.1 Å². The Balaban J connectivity index is 2.01. The van der Waals surface area contributed by atoms with Crippen LogP contribution in [-0.2, 0) is 4.79 Å². The average Bonchev–Trinajstić information content (AvgIpc) is 2.61. The predicted octanol–water partition coefficient (Wildman–Crippen LogP) is 4.34. The van der Waals surface area contributed by atoms with Gasteiger partial charge in [-0.1, -0.05) is 48.3 Å². The fourth-order valence-corrected chi connectivity index (χ4v) is 2.61. The van der Waals surface area contributed by atoms with E-state index in [9.17, 15) is 4.79 Å². The molecule has 0 saturated heterocycles. The Labute approximate surface area is 157 Å². The number of carbonyl (C=O) groups excluding carboxylic acids is 1. The molecule has 0 aliphatic rings. The second kappa shape index (κ2) is 9.30. The first-order valence-corrected chi connectivity index (χ1v) is 8.48. The average molecular weight is 380 g/mol. The van der Waals surface area contributed by atoms with Gasteiger partial charge in [-0.25, -0.2) is 5.43 Å². The minimum absolute atomic E-state index is 0.255. The van der Waals surface area contributed by atoms with Crippen LogP contribution in [0.1, 0.15) is 18.9 Å². The van der Waals surface area contributed by atoms with Gasteiger partial charge in [-0.15, -0.1) is 0 Å². The zero-order valence-electron chi connectivity index (χ0n) is 13.9. The molecule has 0 heterocycles. The van der Waals surface area contributed by atoms with E-state index in [-0.39, 0.29) is 5.91 Å². The van der Waals surface area contributed by atoms with Gasteiger partial charge in [0, 0.05) is 10.6 Å². The van der Waals surface area contributed by atoms with Crippen LogP contribution in [0, 0.1) is 0 Å². The molecule has 1 atom stereocenters. The van der Waals surface area contributed by atoms with Gasteiger partial charge in [-0.3, -0.25) is 4.79 Å². The summed E-state index contributed by atoms with van der Waals surface area (Å²) in [6, 6.07) is 12.0. The zero-order chi connectivity index (χ0) is 18.2. The molecular formula is C18H19Cl2N3O2. The number of halogens is 2. The van der Waals surface area contributed by atoms with E-state index in [0.29, 0.717) is 27.8 Å². The van der Waals surface area contributed by atoms with Crippen LogP contribution < -0.4 is 15.5 Å². The number of anilines is 1. The van der Waals surface area contributed by atoms with Gasteiger partial charge in [0.05, 0.1) is 24.0 Å². The largest absolute Gasteiger partial charge is 0.495 e. The zero-order valence-corrected chi connectivity index (χ0v) is 15.4. The van der Waals surface area contributed by atoms with Crippen LogP contribution in [0.25, 0.3) is 0 Å². The van der Waals surface area contributed by atoms with Gasteiger partial charge < -0.3 is 10.1 Å². The van der Waals surface area contributed by atoms with Crippen LogP contribution in [0.5, 0.6) is 5.75 Å². The summed E-state index contributed by atoms with van der Waals surface area (Å²) in [5.41, 5.74) is 3.93. The molecule has 0 aliphatic heterocycles. The highest BCUT2D eigenvalue weighted by atomic mass is 35.5. The molecule has 132 valence electrons. The molecule has 7 heteroatoms. The van der Waals surface area contributed by atoms with Crippen LogP contribution in [0.3, 0.4) is 0 Å². The Morgan fingerprint density at radius 2 is 2.04 bits per heavy atom. The second-order valence-electron chi connectivity index (χ2n) is 5.21. The van der Waals surface area contributed by atoms with Gasteiger partial charge in [0.2, 0.25) is 0 Å². The molecule has 0 saturated carbocycles. The van der Waals surface area contributed by atoms with E-state index in [0.717, 1.165) is 5.69 Å². The molecule has 0 radical (unpaired) electrons. The smallest absolute Gasteiger partial charge is 0.262 e. The number of hydrogen-bond donors (Lipinski definition) is 2. The normalized spacial score (nSPS) is 12.0. The molecule has 2 rings (SSSR count). The van der Waals surface area contributed by atoms with Crippen molar-refractivity contribution in [3.63, 3.8) is 0 Å². The first-order valence-electron chi connectivity index (χ1n) is 7.72. The Morgan fingerprint density at radius 1 is 1.28 bits per heavy atom. The van der Waals surface area contributed by atoms with Crippen molar-refractivity contribution in [1.29, 1.82) is 0 Å². The number of nitrogens with one attached hydrogen (secondary N) is 2. The van der Waals surface area contributed by atoms with Gasteiger partial charge in [-0.2, -0.15) is 5.10 Å². The van der Waals surface area contributed by atoms with E-state index in [1.807, 2.05) is 31.2 Å². The topological polar surface area (TPSA) is 62.7 Å². The standard InChI is InChI=1S/C18H19Cl2N3O2/c1-3-15(22-16-6-4-5-7-17(16)25-2)18(24)23-21-11-12-8-9-13(19)10-14(12)20/h4-11,15,22H,3H2,1-2H3,(H,23,24)/b21-11-. The molecule has 0 bridgehead atoms. The fourth-order valence-electron chi connectivity index (χ4n) is 2.15. The highest BCUT2D eigenvalue weighted by molar-refractivity contribution is 6.36. The number of nitrogens with zero attached hydrogens (tertiary/aromatic N) is 1. The predicted molar refractivity (Wildman–Crippen MR) is 103 cm³/mol. The highest BCUT2D eigenvalue weighted by Gasteiger charge is 2.17. The van der Waals surface area contributed by atoms with E-state index in [4.69, 9.17) is 27.9 Å². The summed E-state index contributed by atoms with van der Waals surface area (Å²) in [4.78, 5) is 12.3. The summed E-state index contributed by atoms with van der Waals surface area (Å²) in [5.74, 6) is 0.417. The third-order valence-corrected chi connectivity index (χ3v) is 4.06. The fraction of sp³-hybridized carbons (Fsp3) is 0.222. The maximum Gasteiger partial charge on any atom is 0.262 e. The maximum atomic E-state index is 12.3. The van der Waals surface area contributed by atoms with Crippen molar-refractivity contribution in [2.75, 3.05) is 12.4 Å². The van der Waals surface area contributed by atoms with E-state index in [1.165, 1.54) is 6.21 Å². The summed E-state index contributed by atoms with van der Waals surface area (Å²) in [6.07, 6.45) is 2.06. The monoisotopic (exact) mass is 379 g/mol. The molecule has 1 amide bonds. The number of amides is 1. The Kier molecular flexibility index (Phi) is 7.10. The quantitative estimate of drug-likeness (QED) is 0.555. The number of para-hydroxylation sites is 2. The van der Waals surface area contributed by atoms with E-state index >= 15 is 0 Å². The number of methoxy groups -OCH3 is 1. The number of benzene rings is 2. The molecule has 25 heavy (non-hydrogen) atoms. The Hall–Kier alpha value is -2.24. The minimum atomic E-state index is -0.450. The Morgan fingerprint density at radius 3 is 2.72 bits per heavy atom. The third kappa shape index (κ3) is 5.37. The minimum Gasteiger partial charge on any atom is -0.495 e. The van der Waals surface area contributed by atoms with E-state index in [2.05, 4.69) is 15.8 Å². The lowest BCUT2D eigenvalue weighted by molar-refractivity contribution is -0.121. The van der Waals surface area contributed by atoms with E-state index in [1.54, 1.807) is 25.3 Å². The van der Waals surface area contributed by atoms with E-state index < -0.39 is 6.04 Å². The van der Waals surface area contributed by atoms with Crippen LogP contribution in [0.15, 0.2) is 47.6 Å². The van der Waals surface area contributed by atoms with Crippen molar-refractivity contribution in [2.24, 2.45) is 5.10 Å². The molecule has 1 unspecified atom stereocenters. The lowest BCUT2D eigenvalue weighted by Gasteiger charge is -2.18. The summed E-state index contributed by atoms with van der Waals surface area (Å²) in [6.45, 7) is 1.91. The lowest BCUT2D eigenvalue weighted by atomic mass is 10.2. The van der Waals surface area contributed by atoms with Crippen LogP contribution in [0.4, 0.5) is 5.69 Å². The number of hydrazone groups is 1. The summed E-state index contributed by atoms with van der Waals surface area (Å²) < 4.78 is 5.28. The van der Waals surface area contributed by atoms with Gasteiger partial charge in [0.25, 0.3) is 5.91 Å². The van der Waals surface area contributed by atoms with Crippen molar-refractivity contribution >= 4 is 41.0 Å². The summed E-state index contributed by atoms with van der Waals surface area (Å²) >= 11 is 11.9. The first kappa shape index (κ1) is 19.1. The first-order chi connectivity index (χ1) is 12.0. The number of carbonyl (C=O) groups is 1. The second-order valence-corrected chi connectivity index (χ2v) is 6.05. The van der Waals surface area contributed by atoms with Gasteiger partial charge in [0.1, 0.15) is 11.8 Å². The number of rotatable bonds is 7.